The topological polar surface area (TPSA) is 173 Å². The van der Waals surface area contributed by atoms with E-state index in [1.165, 1.54) is 28.4 Å². The smallest absolute Gasteiger partial charge is 0.352 e. The normalized spacial score (nSPS) is 19.8. The van der Waals surface area contributed by atoms with E-state index in [4.69, 9.17) is 10.6 Å². The van der Waals surface area contributed by atoms with E-state index < -0.39 is 29.2 Å². The second-order valence-corrected chi connectivity index (χ2v) is 10.1. The van der Waals surface area contributed by atoms with Crippen molar-refractivity contribution < 1.29 is 24.3 Å². The summed E-state index contributed by atoms with van der Waals surface area (Å²) in [5.41, 5.74) is 6.89. The number of carboxylic acids is 1. The van der Waals surface area contributed by atoms with Crippen molar-refractivity contribution in [2.45, 2.75) is 18.3 Å². The van der Waals surface area contributed by atoms with Crippen LogP contribution in [-0.2, 0) is 19.2 Å². The Balaban J connectivity index is 1.44. The number of amides is 2. The summed E-state index contributed by atoms with van der Waals surface area (Å²) in [5.74, 6) is -1.64. The number of thioether (sulfide) groups is 2. The van der Waals surface area contributed by atoms with Gasteiger partial charge in [-0.25, -0.2) is 4.79 Å². The number of aliphatic carboxylic acids is 1. The molecule has 1 fully saturated rings. The number of nitrogens with one attached hydrogen (secondary N) is 1. The van der Waals surface area contributed by atoms with Crippen LogP contribution in [-0.4, -0.2) is 77.4 Å². The quantitative estimate of drug-likeness (QED) is 0.223. The first-order valence-corrected chi connectivity index (χ1v) is 13.5. The lowest BCUT2D eigenvalue weighted by molar-refractivity contribution is -0.150. The molecule has 2 aliphatic heterocycles. The minimum Gasteiger partial charge on any atom is -0.477 e. The number of anilines is 1. The Bertz CT molecular complexity index is 1250. The molecule has 1 saturated heterocycles. The van der Waals surface area contributed by atoms with Crippen LogP contribution in [0.15, 0.2) is 46.4 Å². The van der Waals surface area contributed by atoms with Crippen LogP contribution in [0.1, 0.15) is 18.3 Å². The van der Waals surface area contributed by atoms with Crippen molar-refractivity contribution in [3.63, 3.8) is 0 Å². The number of hydrogen-bond acceptors (Lipinski definition) is 12. The van der Waals surface area contributed by atoms with E-state index in [0.717, 1.165) is 17.1 Å². The van der Waals surface area contributed by atoms with Crippen molar-refractivity contribution in [3.05, 3.63) is 52.6 Å². The molecule has 2 amide bonds. The maximum Gasteiger partial charge on any atom is 0.352 e. The zero-order valence-corrected chi connectivity index (χ0v) is 21.3. The van der Waals surface area contributed by atoms with Gasteiger partial charge in [-0.1, -0.05) is 11.2 Å². The highest BCUT2D eigenvalue weighted by atomic mass is 32.2. The van der Waals surface area contributed by atoms with Gasteiger partial charge in [0, 0.05) is 35.4 Å². The number of carboxylic acid groups (broad SMARTS) is 1. The molecule has 4 heterocycles. The molecule has 4 rings (SSSR count). The van der Waals surface area contributed by atoms with Gasteiger partial charge in [-0.2, -0.15) is 9.36 Å². The summed E-state index contributed by atoms with van der Waals surface area (Å²) in [6.07, 6.45) is 5.28. The summed E-state index contributed by atoms with van der Waals surface area (Å²) in [6.45, 7) is 1.90. The molecule has 2 aromatic heterocycles. The van der Waals surface area contributed by atoms with Gasteiger partial charge >= 0.3 is 5.97 Å². The number of carbonyl (C=O) groups excluding carboxylic acids is 2. The lowest BCUT2D eigenvalue weighted by Crippen LogP contribution is -2.71. The molecule has 0 aromatic carbocycles. The van der Waals surface area contributed by atoms with E-state index >= 15 is 0 Å². The van der Waals surface area contributed by atoms with Gasteiger partial charge in [0.05, 0.1) is 0 Å². The van der Waals surface area contributed by atoms with Gasteiger partial charge in [-0.05, 0) is 35.6 Å². The van der Waals surface area contributed by atoms with Crippen molar-refractivity contribution in [2.75, 3.05) is 23.8 Å². The van der Waals surface area contributed by atoms with E-state index in [0.29, 0.717) is 17.1 Å². The standard InChI is InChI=1S/C21H21N7O5S3/c1-2-33-26-13(16-25-21(22)36-27-16)17(29)24-14-18(30)28-15(20(31)32)12(10-35-19(14)28)9-34-7-5-11-4-3-6-23-8-11/h3-8,14,19H,2,9-10H2,1H3,(H,24,29)(H,31,32)(H2,22,25,27)/b7-5-,26-13+/t14?,19-/m1/s1. The first-order valence-electron chi connectivity index (χ1n) is 10.6. The molecular formula is C21H21N7O5S3. The van der Waals surface area contributed by atoms with Gasteiger partial charge in [0.15, 0.2) is 5.13 Å². The first-order chi connectivity index (χ1) is 17.4. The summed E-state index contributed by atoms with van der Waals surface area (Å²) < 4.78 is 3.98. The molecular weight excluding hydrogens is 526 g/mol. The third-order valence-electron chi connectivity index (χ3n) is 4.99. The van der Waals surface area contributed by atoms with Gasteiger partial charge in [-0.15, -0.1) is 23.5 Å². The third kappa shape index (κ3) is 5.52. The second-order valence-electron chi connectivity index (χ2n) is 7.33. The fourth-order valence-electron chi connectivity index (χ4n) is 3.40. The number of fused-ring (bicyclic) bond motifs is 1. The lowest BCUT2D eigenvalue weighted by atomic mass is 10.0. The zero-order chi connectivity index (χ0) is 25.7. The maximum atomic E-state index is 12.9. The van der Waals surface area contributed by atoms with Gasteiger partial charge in [0.2, 0.25) is 11.5 Å². The number of nitrogens with two attached hydrogens (primary N) is 1. The Morgan fingerprint density at radius 2 is 2.31 bits per heavy atom. The molecule has 2 aromatic rings. The van der Waals surface area contributed by atoms with Gasteiger partial charge in [0.1, 0.15) is 23.7 Å². The van der Waals surface area contributed by atoms with Gasteiger partial charge in [-0.3, -0.25) is 19.5 Å². The fourth-order valence-corrected chi connectivity index (χ4v) is 6.10. The van der Waals surface area contributed by atoms with Gasteiger partial charge < -0.3 is 21.0 Å². The Morgan fingerprint density at radius 1 is 1.47 bits per heavy atom. The molecule has 0 aliphatic carbocycles. The van der Waals surface area contributed by atoms with Crippen LogP contribution in [0.25, 0.3) is 6.08 Å². The number of oxime groups is 1. The van der Waals surface area contributed by atoms with Crippen LogP contribution in [0, 0.1) is 0 Å². The average molecular weight is 548 g/mol. The number of carbonyl (C=O) groups is 3. The Labute approximate surface area is 218 Å². The van der Waals surface area contributed by atoms with Crippen LogP contribution in [0.5, 0.6) is 0 Å². The summed E-state index contributed by atoms with van der Waals surface area (Å²) in [5, 5.41) is 17.7. The van der Waals surface area contributed by atoms with Crippen LogP contribution >= 0.6 is 35.1 Å². The molecule has 2 aliphatic rings. The highest BCUT2D eigenvalue weighted by Crippen LogP contribution is 2.41. The average Bonchev–Trinajstić information content (AvgIpc) is 3.31. The number of rotatable bonds is 10. The molecule has 1 unspecified atom stereocenters. The Hall–Kier alpha value is -3.43. The minimum atomic E-state index is -1.19. The summed E-state index contributed by atoms with van der Waals surface area (Å²) >= 11 is 3.70. The third-order valence-corrected chi connectivity index (χ3v) is 7.71. The van der Waals surface area contributed by atoms with E-state index in [2.05, 4.69) is 24.8 Å². The van der Waals surface area contributed by atoms with E-state index in [-0.39, 0.29) is 29.0 Å². The van der Waals surface area contributed by atoms with Crippen LogP contribution in [0.4, 0.5) is 5.13 Å². The predicted octanol–water partition coefficient (Wildman–Crippen LogP) is 1.40. The molecule has 0 radical (unpaired) electrons. The number of nitrogens with zero attached hydrogens (tertiary/aromatic N) is 5. The zero-order valence-electron chi connectivity index (χ0n) is 18.9. The van der Waals surface area contributed by atoms with Crippen molar-refractivity contribution in [3.8, 4) is 0 Å². The number of hydrogen-bond donors (Lipinski definition) is 3. The van der Waals surface area contributed by atoms with E-state index in [1.54, 1.807) is 19.3 Å². The van der Waals surface area contributed by atoms with E-state index in [1.807, 2.05) is 23.6 Å². The highest BCUT2D eigenvalue weighted by Gasteiger charge is 2.54. The number of aromatic nitrogens is 3. The summed E-state index contributed by atoms with van der Waals surface area (Å²) in [6, 6.07) is 2.80. The Morgan fingerprint density at radius 3 is 2.97 bits per heavy atom. The first kappa shape index (κ1) is 25.7. The molecule has 0 saturated carbocycles. The maximum absolute atomic E-state index is 12.9. The predicted molar refractivity (Wildman–Crippen MR) is 138 cm³/mol. The van der Waals surface area contributed by atoms with Gasteiger partial charge in [0.25, 0.3) is 11.8 Å². The number of nitrogen functional groups attached to an aromatic ring is 1. The van der Waals surface area contributed by atoms with Crippen LogP contribution < -0.4 is 11.1 Å². The lowest BCUT2D eigenvalue weighted by Gasteiger charge is -2.49. The van der Waals surface area contributed by atoms with Crippen molar-refractivity contribution in [1.29, 1.82) is 0 Å². The number of β-lactam (4-membered cyclic amide) rings is 1. The minimum absolute atomic E-state index is 0.0202. The molecule has 0 spiro atoms. The molecule has 2 atom stereocenters. The van der Waals surface area contributed by atoms with Crippen LogP contribution in [0.3, 0.4) is 0 Å². The SMILES string of the molecule is CCO/N=C(/C(=O)NC1C(=O)N2C(C(=O)O)=C(CS/C=C\c3cccnc3)CS[C@H]12)c1nsc(N)n1. The molecule has 4 N–H and O–H groups in total. The van der Waals surface area contributed by atoms with Crippen molar-refractivity contribution >= 4 is 69.8 Å². The second kappa shape index (κ2) is 11.5. The van der Waals surface area contributed by atoms with E-state index in [9.17, 15) is 19.5 Å². The molecule has 15 heteroatoms. The molecule has 0 bridgehead atoms. The molecule has 188 valence electrons. The van der Waals surface area contributed by atoms with Crippen molar-refractivity contribution in [2.24, 2.45) is 5.16 Å². The largest absolute Gasteiger partial charge is 0.477 e. The summed E-state index contributed by atoms with van der Waals surface area (Å²) in [4.78, 5) is 52.1. The fraction of sp³-hybridized carbons (Fsp3) is 0.286. The molecule has 12 nitrogen and oxygen atoms in total. The van der Waals surface area contributed by atoms with Crippen LogP contribution in [0.2, 0.25) is 0 Å². The highest BCUT2D eigenvalue weighted by molar-refractivity contribution is 8.02. The number of pyridine rings is 1. The summed E-state index contributed by atoms with van der Waals surface area (Å²) in [7, 11) is 0. The molecule has 36 heavy (non-hydrogen) atoms. The Kier molecular flexibility index (Phi) is 8.22. The van der Waals surface area contributed by atoms with Crippen molar-refractivity contribution in [1.82, 2.24) is 24.6 Å². The monoisotopic (exact) mass is 547 g/mol.